The fourth-order valence-electron chi connectivity index (χ4n) is 1.78. The molecule has 2 nitrogen and oxygen atoms in total. The van der Waals surface area contributed by atoms with Crippen LogP contribution in [-0.2, 0) is 0 Å². The highest BCUT2D eigenvalue weighted by Crippen LogP contribution is 2.32. The smallest absolute Gasteiger partial charge is 0.184 e. The predicted octanol–water partition coefficient (Wildman–Crippen LogP) is 5.84. The molecule has 0 spiro atoms. The van der Waals surface area contributed by atoms with Crippen LogP contribution in [0.25, 0.3) is 10.2 Å². The summed E-state index contributed by atoms with van der Waals surface area (Å²) < 4.78 is 1.93. The number of halogens is 2. The molecule has 2 heterocycles. The van der Waals surface area contributed by atoms with E-state index < -0.39 is 0 Å². The lowest BCUT2D eigenvalue weighted by Gasteiger charge is -2.09. The summed E-state index contributed by atoms with van der Waals surface area (Å²) in [6.07, 6.45) is 0. The molecule has 0 aliphatic carbocycles. The molecular formula is C13H10Cl2N2S2. The van der Waals surface area contributed by atoms with Crippen LogP contribution >= 0.6 is 45.9 Å². The minimum absolute atomic E-state index is 0.188. The molecule has 0 saturated heterocycles. The van der Waals surface area contributed by atoms with E-state index in [0.29, 0.717) is 5.02 Å². The van der Waals surface area contributed by atoms with Crippen molar-refractivity contribution in [3.05, 3.63) is 44.6 Å². The van der Waals surface area contributed by atoms with Gasteiger partial charge in [0.05, 0.1) is 20.6 Å². The zero-order chi connectivity index (χ0) is 13.4. The first kappa shape index (κ1) is 13.2. The Bertz CT molecular complexity index is 720. The second-order valence-corrected chi connectivity index (χ2v) is 7.35. The summed E-state index contributed by atoms with van der Waals surface area (Å²) in [6, 6.07) is 9.90. The van der Waals surface area contributed by atoms with E-state index >= 15 is 0 Å². The van der Waals surface area contributed by atoms with E-state index in [9.17, 15) is 0 Å². The number of nitrogens with zero attached hydrogens (tertiary/aromatic N) is 1. The number of hydrogen-bond acceptors (Lipinski definition) is 4. The fourth-order valence-corrected chi connectivity index (χ4v) is 3.94. The number of hydrogen-bond donors (Lipinski definition) is 1. The highest BCUT2D eigenvalue weighted by Gasteiger charge is 2.11. The van der Waals surface area contributed by atoms with Gasteiger partial charge in [0.15, 0.2) is 5.13 Å². The topological polar surface area (TPSA) is 24.9 Å². The molecule has 6 heteroatoms. The summed E-state index contributed by atoms with van der Waals surface area (Å²) in [6.45, 7) is 2.10. The predicted molar refractivity (Wildman–Crippen MR) is 86.0 cm³/mol. The second-order valence-electron chi connectivity index (χ2n) is 4.14. The van der Waals surface area contributed by atoms with Gasteiger partial charge in [-0.1, -0.05) is 34.5 Å². The van der Waals surface area contributed by atoms with E-state index in [-0.39, 0.29) is 6.04 Å². The van der Waals surface area contributed by atoms with E-state index in [1.165, 1.54) is 4.88 Å². The van der Waals surface area contributed by atoms with Gasteiger partial charge >= 0.3 is 0 Å². The van der Waals surface area contributed by atoms with E-state index in [1.807, 2.05) is 30.3 Å². The number of nitrogens with one attached hydrogen (secondary N) is 1. The second kappa shape index (κ2) is 5.29. The maximum atomic E-state index is 5.96. The summed E-state index contributed by atoms with van der Waals surface area (Å²) in [5, 5.41) is 5.00. The Labute approximate surface area is 129 Å². The normalized spacial score (nSPS) is 12.8. The molecule has 0 saturated carbocycles. The molecule has 0 aliphatic heterocycles. The molecular weight excluding hydrogens is 319 g/mol. The van der Waals surface area contributed by atoms with E-state index in [2.05, 4.69) is 17.2 Å². The van der Waals surface area contributed by atoms with Gasteiger partial charge < -0.3 is 5.32 Å². The number of benzene rings is 1. The van der Waals surface area contributed by atoms with Gasteiger partial charge in [-0.25, -0.2) is 4.98 Å². The van der Waals surface area contributed by atoms with Crippen molar-refractivity contribution in [1.29, 1.82) is 0 Å². The highest BCUT2D eigenvalue weighted by atomic mass is 35.5. The van der Waals surface area contributed by atoms with Gasteiger partial charge in [-0.3, -0.25) is 0 Å². The summed E-state index contributed by atoms with van der Waals surface area (Å²) >= 11 is 15.1. The van der Waals surface area contributed by atoms with Crippen LogP contribution in [0.2, 0.25) is 9.36 Å². The number of rotatable bonds is 3. The van der Waals surface area contributed by atoms with Crippen molar-refractivity contribution in [3.8, 4) is 0 Å². The largest absolute Gasteiger partial charge is 0.354 e. The SMILES string of the molecule is CC(Nc1nc2cc(Cl)ccc2s1)c1ccc(Cl)s1. The van der Waals surface area contributed by atoms with Gasteiger partial charge in [-0.15, -0.1) is 11.3 Å². The van der Waals surface area contributed by atoms with Crippen molar-refractivity contribution in [1.82, 2.24) is 4.98 Å². The zero-order valence-corrected chi connectivity index (χ0v) is 13.1. The lowest BCUT2D eigenvalue weighted by Crippen LogP contribution is -2.03. The van der Waals surface area contributed by atoms with Crippen LogP contribution in [0.15, 0.2) is 30.3 Å². The molecule has 0 aliphatic rings. The molecule has 0 amide bonds. The molecule has 19 heavy (non-hydrogen) atoms. The van der Waals surface area contributed by atoms with Crippen molar-refractivity contribution in [3.63, 3.8) is 0 Å². The average Bonchev–Trinajstić information content (AvgIpc) is 2.94. The van der Waals surface area contributed by atoms with E-state index in [4.69, 9.17) is 23.2 Å². The summed E-state index contributed by atoms with van der Waals surface area (Å²) in [5.41, 5.74) is 0.927. The first-order valence-electron chi connectivity index (χ1n) is 5.70. The van der Waals surface area contributed by atoms with E-state index in [1.54, 1.807) is 22.7 Å². The van der Waals surface area contributed by atoms with Crippen molar-refractivity contribution in [2.24, 2.45) is 0 Å². The average molecular weight is 329 g/mol. The number of thiazole rings is 1. The van der Waals surface area contributed by atoms with Gasteiger partial charge in [0.2, 0.25) is 0 Å². The Morgan fingerprint density at radius 1 is 1.16 bits per heavy atom. The Balaban J connectivity index is 1.85. The molecule has 0 fully saturated rings. The summed E-state index contributed by atoms with van der Waals surface area (Å²) in [7, 11) is 0. The molecule has 1 N–H and O–H groups in total. The van der Waals surface area contributed by atoms with E-state index in [0.717, 1.165) is 19.7 Å². The summed E-state index contributed by atoms with van der Waals surface area (Å²) in [5.74, 6) is 0. The quantitative estimate of drug-likeness (QED) is 0.653. The Hall–Kier alpha value is -0.810. The van der Waals surface area contributed by atoms with Gasteiger partial charge in [0, 0.05) is 9.90 Å². The third-order valence-electron chi connectivity index (χ3n) is 2.71. The van der Waals surface area contributed by atoms with Crippen molar-refractivity contribution in [2.75, 3.05) is 5.32 Å². The first-order chi connectivity index (χ1) is 9.11. The molecule has 0 radical (unpaired) electrons. The van der Waals surface area contributed by atoms with Gasteiger partial charge in [0.25, 0.3) is 0 Å². The molecule has 1 atom stereocenters. The first-order valence-corrected chi connectivity index (χ1v) is 8.08. The van der Waals surface area contributed by atoms with Gasteiger partial charge in [0.1, 0.15) is 0 Å². The van der Waals surface area contributed by atoms with Gasteiger partial charge in [-0.2, -0.15) is 0 Å². The standard InChI is InChI=1S/C13H10Cl2N2S2/c1-7(10-4-5-12(15)18-10)16-13-17-9-6-8(14)2-3-11(9)19-13/h2-7H,1H3,(H,16,17). The Kier molecular flexibility index (Phi) is 3.67. The van der Waals surface area contributed by atoms with Crippen molar-refractivity contribution in [2.45, 2.75) is 13.0 Å². The molecule has 2 aromatic heterocycles. The van der Waals surface area contributed by atoms with Crippen LogP contribution in [-0.4, -0.2) is 4.98 Å². The number of aromatic nitrogens is 1. The van der Waals surface area contributed by atoms with Crippen LogP contribution in [0.3, 0.4) is 0 Å². The third kappa shape index (κ3) is 2.87. The van der Waals surface area contributed by atoms with Crippen LogP contribution in [0.1, 0.15) is 17.8 Å². The Morgan fingerprint density at radius 2 is 2.00 bits per heavy atom. The molecule has 1 aromatic carbocycles. The number of thiophene rings is 1. The Morgan fingerprint density at radius 3 is 2.74 bits per heavy atom. The fraction of sp³-hybridized carbons (Fsp3) is 0.154. The molecule has 98 valence electrons. The molecule has 3 aromatic rings. The maximum Gasteiger partial charge on any atom is 0.184 e. The van der Waals surface area contributed by atoms with Crippen LogP contribution in [0, 0.1) is 0 Å². The summed E-state index contributed by atoms with van der Waals surface area (Å²) in [4.78, 5) is 5.74. The minimum Gasteiger partial charge on any atom is -0.354 e. The minimum atomic E-state index is 0.188. The third-order valence-corrected chi connectivity index (χ3v) is 5.33. The lowest BCUT2D eigenvalue weighted by molar-refractivity contribution is 0.905. The molecule has 3 rings (SSSR count). The highest BCUT2D eigenvalue weighted by molar-refractivity contribution is 7.22. The molecule has 1 unspecified atom stereocenters. The van der Waals surface area contributed by atoms with Crippen LogP contribution in [0.5, 0.6) is 0 Å². The van der Waals surface area contributed by atoms with Gasteiger partial charge in [-0.05, 0) is 37.3 Å². The zero-order valence-electron chi connectivity index (χ0n) is 9.98. The van der Waals surface area contributed by atoms with Crippen molar-refractivity contribution < 1.29 is 0 Å². The van der Waals surface area contributed by atoms with Crippen LogP contribution in [0.4, 0.5) is 5.13 Å². The number of anilines is 1. The lowest BCUT2D eigenvalue weighted by atomic mass is 10.3. The molecule has 0 bridgehead atoms. The van der Waals surface area contributed by atoms with Crippen LogP contribution < -0.4 is 5.32 Å². The number of fused-ring (bicyclic) bond motifs is 1. The van der Waals surface area contributed by atoms with Crippen molar-refractivity contribution >= 4 is 61.2 Å². The maximum absolute atomic E-state index is 5.96. The monoisotopic (exact) mass is 328 g/mol.